The highest BCUT2D eigenvalue weighted by molar-refractivity contribution is 9.09. The minimum Gasteiger partial charge on any atom is -0.126 e. The molecule has 2 atom stereocenters. The van der Waals surface area contributed by atoms with Gasteiger partial charge in [-0.3, -0.25) is 0 Å². The lowest BCUT2D eigenvalue weighted by Gasteiger charge is -1.75. The Balaban J connectivity index is 2.09. The van der Waals surface area contributed by atoms with Crippen molar-refractivity contribution in [3.8, 4) is 0 Å². The van der Waals surface area contributed by atoms with Crippen LogP contribution < -0.4 is 0 Å². The number of hydrogen-bond acceptors (Lipinski definition) is 0. The predicted octanol–water partition coefficient (Wildman–Crippen LogP) is 2.01. The third-order valence-electron chi connectivity index (χ3n) is 1.03. The average Bonchev–Trinajstić information content (AvgIpc) is 2.19. The van der Waals surface area contributed by atoms with Crippen molar-refractivity contribution in [2.45, 2.75) is 11.2 Å². The second-order valence-corrected chi connectivity index (χ2v) is 3.15. The highest BCUT2D eigenvalue weighted by Crippen LogP contribution is 2.38. The van der Waals surface area contributed by atoms with Crippen molar-refractivity contribution >= 4 is 27.5 Å². The van der Waals surface area contributed by atoms with Gasteiger partial charge in [-0.1, -0.05) is 15.9 Å². The van der Waals surface area contributed by atoms with Gasteiger partial charge >= 0.3 is 0 Å². The van der Waals surface area contributed by atoms with Crippen molar-refractivity contribution in [1.82, 2.24) is 0 Å². The molecule has 0 nitrogen and oxygen atoms in total. The van der Waals surface area contributed by atoms with Gasteiger partial charge in [0.25, 0.3) is 0 Å². The maximum Gasteiger partial charge on any atom is 0.0262 e. The fourth-order valence-electron chi connectivity index (χ4n) is 0.370. The minimum absolute atomic E-state index is 0.745. The van der Waals surface area contributed by atoms with E-state index in [9.17, 15) is 0 Å². The van der Waals surface area contributed by atoms with Crippen LogP contribution in [0.4, 0.5) is 0 Å². The maximum atomic E-state index is 5.46. The lowest BCUT2D eigenvalue weighted by molar-refractivity contribution is 1.00. The fraction of sp³-hybridized carbons (Fsp3) is 1.00. The van der Waals surface area contributed by atoms with E-state index < -0.39 is 0 Å². The van der Waals surface area contributed by atoms with Gasteiger partial charge < -0.3 is 0 Å². The van der Waals surface area contributed by atoms with Crippen LogP contribution in [0.3, 0.4) is 0 Å². The molecule has 0 heterocycles. The van der Waals surface area contributed by atoms with Crippen LogP contribution in [0.25, 0.3) is 0 Å². The molecule has 1 aliphatic carbocycles. The highest BCUT2D eigenvalue weighted by Gasteiger charge is 2.32. The Hall–Kier alpha value is 0.770. The average molecular weight is 169 g/mol. The summed E-state index contributed by atoms with van der Waals surface area (Å²) in [5.74, 6) is 1.61. The summed E-state index contributed by atoms with van der Waals surface area (Å²) in [5.41, 5.74) is 0. The molecular weight excluding hydrogens is 163 g/mol. The van der Waals surface area contributed by atoms with Crippen LogP contribution in [0, 0.1) is 5.92 Å². The van der Waals surface area contributed by atoms with Gasteiger partial charge in [-0.2, -0.15) is 0 Å². The number of hydrogen-bond donors (Lipinski definition) is 0. The smallest absolute Gasteiger partial charge is 0.0262 e. The van der Waals surface area contributed by atoms with Gasteiger partial charge in [0.05, 0.1) is 0 Å². The summed E-state index contributed by atoms with van der Waals surface area (Å²) in [7, 11) is 0. The summed E-state index contributed by atoms with van der Waals surface area (Å²) in [6.07, 6.45) is 1.28. The van der Waals surface area contributed by atoms with Crippen molar-refractivity contribution < 1.29 is 0 Å². The van der Waals surface area contributed by atoms with E-state index in [2.05, 4.69) is 15.9 Å². The molecule has 0 spiro atoms. The lowest BCUT2D eigenvalue weighted by Crippen LogP contribution is -1.75. The largest absolute Gasteiger partial charge is 0.126 e. The van der Waals surface area contributed by atoms with E-state index in [1.165, 1.54) is 6.42 Å². The van der Waals surface area contributed by atoms with Gasteiger partial charge in [0.2, 0.25) is 0 Å². The van der Waals surface area contributed by atoms with Crippen LogP contribution in [0.1, 0.15) is 6.42 Å². The van der Waals surface area contributed by atoms with Gasteiger partial charge in [-0.15, -0.1) is 11.6 Å². The number of halogens is 2. The quantitative estimate of drug-likeness (QED) is 0.527. The van der Waals surface area contributed by atoms with Crippen LogP contribution in [0.15, 0.2) is 0 Å². The molecule has 6 heavy (non-hydrogen) atoms. The van der Waals surface area contributed by atoms with Gasteiger partial charge in [0.1, 0.15) is 0 Å². The Morgan fingerprint density at radius 1 is 1.83 bits per heavy atom. The predicted molar refractivity (Wildman–Crippen MR) is 31.5 cm³/mol. The molecule has 0 aromatic heterocycles. The van der Waals surface area contributed by atoms with Crippen molar-refractivity contribution in [3.63, 3.8) is 0 Å². The van der Waals surface area contributed by atoms with E-state index in [0.29, 0.717) is 0 Å². The SMILES string of the molecule is ClC[C@@H]1C[C@H]1Br. The van der Waals surface area contributed by atoms with Crippen molar-refractivity contribution in [2.24, 2.45) is 5.92 Å². The fourth-order valence-corrected chi connectivity index (χ4v) is 1.59. The van der Waals surface area contributed by atoms with Crippen molar-refractivity contribution in [3.05, 3.63) is 0 Å². The number of rotatable bonds is 1. The molecule has 0 aromatic carbocycles. The van der Waals surface area contributed by atoms with E-state index in [1.54, 1.807) is 0 Å². The molecule has 0 N–H and O–H groups in total. The summed E-state index contributed by atoms with van der Waals surface area (Å²) >= 11 is 8.89. The molecule has 1 saturated carbocycles. The summed E-state index contributed by atoms with van der Waals surface area (Å²) < 4.78 is 0. The first kappa shape index (κ1) is 4.92. The Labute approximate surface area is 51.0 Å². The molecule has 0 aromatic rings. The Kier molecular flexibility index (Phi) is 1.40. The molecule has 2 heteroatoms. The zero-order valence-corrected chi connectivity index (χ0v) is 5.67. The maximum absolute atomic E-state index is 5.46. The van der Waals surface area contributed by atoms with Crippen LogP contribution in [0.5, 0.6) is 0 Å². The van der Waals surface area contributed by atoms with Crippen LogP contribution in [-0.4, -0.2) is 10.7 Å². The molecule has 0 bridgehead atoms. The molecule has 0 saturated heterocycles. The molecule has 0 unspecified atom stereocenters. The molecule has 1 aliphatic rings. The topological polar surface area (TPSA) is 0 Å². The third kappa shape index (κ3) is 0.881. The molecule has 36 valence electrons. The van der Waals surface area contributed by atoms with Crippen LogP contribution in [0.2, 0.25) is 0 Å². The van der Waals surface area contributed by atoms with Crippen LogP contribution in [-0.2, 0) is 0 Å². The Morgan fingerprint density at radius 2 is 2.33 bits per heavy atom. The zero-order chi connectivity index (χ0) is 4.57. The molecule has 1 rings (SSSR count). The van der Waals surface area contributed by atoms with E-state index in [1.807, 2.05) is 0 Å². The van der Waals surface area contributed by atoms with Crippen LogP contribution >= 0.6 is 27.5 Å². The Bertz CT molecular complexity index is 53.5. The van der Waals surface area contributed by atoms with E-state index >= 15 is 0 Å². The molecule has 1 fully saturated rings. The molecule has 0 radical (unpaired) electrons. The van der Waals surface area contributed by atoms with Gasteiger partial charge in [0, 0.05) is 10.7 Å². The Morgan fingerprint density at radius 3 is 2.33 bits per heavy atom. The van der Waals surface area contributed by atoms with Gasteiger partial charge in [-0.25, -0.2) is 0 Å². The first-order valence-corrected chi connectivity index (χ1v) is 3.49. The van der Waals surface area contributed by atoms with Gasteiger partial charge in [0.15, 0.2) is 0 Å². The lowest BCUT2D eigenvalue weighted by atomic mass is 10.5. The summed E-state index contributed by atoms with van der Waals surface area (Å²) in [6, 6.07) is 0. The second-order valence-electron chi connectivity index (χ2n) is 1.67. The van der Waals surface area contributed by atoms with E-state index in [-0.39, 0.29) is 0 Å². The van der Waals surface area contributed by atoms with E-state index in [0.717, 1.165) is 16.6 Å². The highest BCUT2D eigenvalue weighted by atomic mass is 79.9. The minimum atomic E-state index is 0.745. The molecule has 0 amide bonds. The standard InChI is InChI=1S/C4H6BrCl/c5-4-1-3(4)2-6/h3-4H,1-2H2/t3-,4+/m0/s1. The summed E-state index contributed by atoms with van der Waals surface area (Å²) in [6.45, 7) is 0. The van der Waals surface area contributed by atoms with Gasteiger partial charge in [-0.05, 0) is 12.3 Å². The second kappa shape index (κ2) is 1.71. The van der Waals surface area contributed by atoms with Crippen molar-refractivity contribution in [1.29, 1.82) is 0 Å². The zero-order valence-electron chi connectivity index (χ0n) is 3.32. The number of alkyl halides is 2. The third-order valence-corrected chi connectivity index (χ3v) is 2.55. The normalized spacial score (nSPS) is 43.0. The van der Waals surface area contributed by atoms with E-state index in [4.69, 9.17) is 11.6 Å². The molecule has 0 aliphatic heterocycles. The van der Waals surface area contributed by atoms with Crippen molar-refractivity contribution in [2.75, 3.05) is 5.88 Å². The monoisotopic (exact) mass is 168 g/mol. The molecular formula is C4H6BrCl. The first-order valence-electron chi connectivity index (χ1n) is 2.04. The summed E-state index contributed by atoms with van der Waals surface area (Å²) in [5, 5.41) is 0. The first-order chi connectivity index (χ1) is 2.84. The summed E-state index contributed by atoms with van der Waals surface area (Å²) in [4.78, 5) is 0.745.